The van der Waals surface area contributed by atoms with Crippen molar-refractivity contribution in [2.45, 2.75) is 33.1 Å². The average molecular weight is 338 g/mol. The van der Waals surface area contributed by atoms with E-state index in [4.69, 9.17) is 0 Å². The zero-order chi connectivity index (χ0) is 18.2. The van der Waals surface area contributed by atoms with Crippen molar-refractivity contribution < 1.29 is 4.79 Å². The Kier molecular flexibility index (Phi) is 4.16. The van der Waals surface area contributed by atoms with E-state index in [1.54, 1.807) is 18.7 Å². The molecule has 0 atom stereocenters. The van der Waals surface area contributed by atoms with E-state index in [1.807, 2.05) is 36.4 Å². The normalized spacial score (nSPS) is 11.6. The molecule has 130 valence electrons. The quantitative estimate of drug-likeness (QED) is 0.796. The van der Waals surface area contributed by atoms with Crippen LogP contribution in [-0.4, -0.2) is 30.7 Å². The van der Waals surface area contributed by atoms with Crippen LogP contribution < -0.4 is 5.32 Å². The van der Waals surface area contributed by atoms with E-state index in [-0.39, 0.29) is 11.3 Å². The molecule has 3 rings (SSSR count). The predicted molar refractivity (Wildman–Crippen MR) is 96.0 cm³/mol. The van der Waals surface area contributed by atoms with Crippen LogP contribution in [0.5, 0.6) is 0 Å². The molecule has 2 aromatic heterocycles. The summed E-state index contributed by atoms with van der Waals surface area (Å²) in [5.74, 6) is 0.326. The Morgan fingerprint density at radius 1 is 1.08 bits per heavy atom. The van der Waals surface area contributed by atoms with Crippen molar-refractivity contribution in [3.8, 4) is 5.69 Å². The number of nitrogens with one attached hydrogen (secondary N) is 1. The minimum atomic E-state index is -0.303. The Bertz CT molecular complexity index is 902. The van der Waals surface area contributed by atoms with Gasteiger partial charge >= 0.3 is 0 Å². The maximum Gasteiger partial charge on any atom is 0.279 e. The van der Waals surface area contributed by atoms with Crippen molar-refractivity contribution in [3.63, 3.8) is 0 Å². The summed E-state index contributed by atoms with van der Waals surface area (Å²) in [5, 5.41) is 16.0. The third-order valence-electron chi connectivity index (χ3n) is 3.87. The summed E-state index contributed by atoms with van der Waals surface area (Å²) in [6.07, 6.45) is 0. The maximum absolute atomic E-state index is 12.6. The van der Waals surface area contributed by atoms with Crippen LogP contribution in [0.3, 0.4) is 0 Å². The number of hydrogen-bond donors (Lipinski definition) is 1. The molecule has 3 aromatic rings. The molecule has 0 saturated carbocycles. The molecule has 0 radical (unpaired) electrons. The highest BCUT2D eigenvalue weighted by atomic mass is 16.2. The molecule has 1 N–H and O–H groups in total. The van der Waals surface area contributed by atoms with Gasteiger partial charge in [0.25, 0.3) is 5.91 Å². The van der Waals surface area contributed by atoms with Crippen LogP contribution in [0.4, 0.5) is 5.82 Å². The SMILES string of the molecule is Cc1nn(-c2ccccc2)nc1C(=O)Nc1cc(C(C)(C)C)nn1C. The number of amides is 1. The fourth-order valence-electron chi connectivity index (χ4n) is 2.39. The lowest BCUT2D eigenvalue weighted by Crippen LogP contribution is -2.16. The molecule has 0 saturated heterocycles. The number of hydrogen-bond acceptors (Lipinski definition) is 4. The largest absolute Gasteiger partial charge is 0.305 e. The third-order valence-corrected chi connectivity index (χ3v) is 3.87. The van der Waals surface area contributed by atoms with Gasteiger partial charge in [-0.1, -0.05) is 39.0 Å². The van der Waals surface area contributed by atoms with E-state index in [2.05, 4.69) is 41.4 Å². The first-order valence-electron chi connectivity index (χ1n) is 8.11. The highest BCUT2D eigenvalue weighted by Gasteiger charge is 2.22. The molecule has 0 fully saturated rings. The number of nitrogens with zero attached hydrogens (tertiary/aromatic N) is 5. The van der Waals surface area contributed by atoms with E-state index >= 15 is 0 Å². The monoisotopic (exact) mass is 338 g/mol. The highest BCUT2D eigenvalue weighted by Crippen LogP contribution is 2.23. The topological polar surface area (TPSA) is 77.6 Å². The van der Waals surface area contributed by atoms with Crippen LogP contribution >= 0.6 is 0 Å². The highest BCUT2D eigenvalue weighted by molar-refractivity contribution is 6.03. The molecule has 25 heavy (non-hydrogen) atoms. The van der Waals surface area contributed by atoms with Crippen molar-refractivity contribution in [2.24, 2.45) is 7.05 Å². The van der Waals surface area contributed by atoms with E-state index in [0.29, 0.717) is 17.2 Å². The van der Waals surface area contributed by atoms with Gasteiger partial charge in [0.05, 0.1) is 17.1 Å². The number of carbonyl (C=O) groups excluding carboxylic acids is 1. The van der Waals surface area contributed by atoms with Crippen LogP contribution in [-0.2, 0) is 12.5 Å². The van der Waals surface area contributed by atoms with Gasteiger partial charge in [-0.3, -0.25) is 9.48 Å². The lowest BCUT2D eigenvalue weighted by Gasteiger charge is -2.13. The molecule has 1 aromatic carbocycles. The Labute approximate surface area is 146 Å². The molecule has 7 heteroatoms. The Balaban J connectivity index is 1.85. The van der Waals surface area contributed by atoms with Gasteiger partial charge in [-0.25, -0.2) is 0 Å². The zero-order valence-electron chi connectivity index (χ0n) is 15.1. The van der Waals surface area contributed by atoms with Gasteiger partial charge in [0, 0.05) is 18.5 Å². The molecule has 1 amide bonds. The molecule has 0 bridgehead atoms. The van der Waals surface area contributed by atoms with Crippen molar-refractivity contribution in [1.29, 1.82) is 0 Å². The summed E-state index contributed by atoms with van der Waals surface area (Å²) in [6.45, 7) is 8.01. The second-order valence-electron chi connectivity index (χ2n) is 7.00. The van der Waals surface area contributed by atoms with Crippen LogP contribution in [0, 0.1) is 6.92 Å². The van der Waals surface area contributed by atoms with Gasteiger partial charge in [-0.15, -0.1) is 5.10 Å². The summed E-state index contributed by atoms with van der Waals surface area (Å²) in [7, 11) is 1.80. The van der Waals surface area contributed by atoms with Crippen LogP contribution in [0.25, 0.3) is 5.69 Å². The second-order valence-corrected chi connectivity index (χ2v) is 7.00. The molecule has 2 heterocycles. The third kappa shape index (κ3) is 3.45. The van der Waals surface area contributed by atoms with Crippen molar-refractivity contribution in [2.75, 3.05) is 5.32 Å². The first-order valence-corrected chi connectivity index (χ1v) is 8.11. The van der Waals surface area contributed by atoms with Crippen molar-refractivity contribution in [1.82, 2.24) is 24.8 Å². The van der Waals surface area contributed by atoms with Crippen LogP contribution in [0.15, 0.2) is 36.4 Å². The van der Waals surface area contributed by atoms with E-state index in [1.165, 1.54) is 4.80 Å². The maximum atomic E-state index is 12.6. The van der Waals surface area contributed by atoms with Crippen molar-refractivity contribution in [3.05, 3.63) is 53.5 Å². The number of benzene rings is 1. The van der Waals surface area contributed by atoms with Gasteiger partial charge < -0.3 is 5.32 Å². The summed E-state index contributed by atoms with van der Waals surface area (Å²) < 4.78 is 1.66. The van der Waals surface area contributed by atoms with Crippen LogP contribution in [0.1, 0.15) is 42.6 Å². The summed E-state index contributed by atoms with van der Waals surface area (Å²) in [6, 6.07) is 11.4. The average Bonchev–Trinajstić information content (AvgIpc) is 3.12. The fourth-order valence-corrected chi connectivity index (χ4v) is 2.39. The van der Waals surface area contributed by atoms with E-state index < -0.39 is 0 Å². The lowest BCUT2D eigenvalue weighted by molar-refractivity contribution is 0.102. The van der Waals surface area contributed by atoms with E-state index in [0.717, 1.165) is 11.4 Å². The molecule has 0 aliphatic rings. The van der Waals surface area contributed by atoms with E-state index in [9.17, 15) is 4.79 Å². The summed E-state index contributed by atoms with van der Waals surface area (Å²) in [4.78, 5) is 14.1. The Hall–Kier alpha value is -2.96. The number of aromatic nitrogens is 5. The number of carbonyl (C=O) groups is 1. The molecular weight excluding hydrogens is 316 g/mol. The lowest BCUT2D eigenvalue weighted by atomic mass is 9.92. The summed E-state index contributed by atoms with van der Waals surface area (Å²) in [5.41, 5.74) is 2.49. The number of para-hydroxylation sites is 1. The van der Waals surface area contributed by atoms with Gasteiger partial charge in [0.1, 0.15) is 5.82 Å². The second kappa shape index (κ2) is 6.16. The Morgan fingerprint density at radius 3 is 2.36 bits per heavy atom. The van der Waals surface area contributed by atoms with Crippen LogP contribution in [0.2, 0.25) is 0 Å². The Morgan fingerprint density at radius 2 is 1.76 bits per heavy atom. The fraction of sp³-hybridized carbons (Fsp3) is 0.333. The molecule has 0 aliphatic heterocycles. The van der Waals surface area contributed by atoms with Gasteiger partial charge in [0.2, 0.25) is 0 Å². The molecular formula is C18H22N6O. The van der Waals surface area contributed by atoms with Gasteiger partial charge in [-0.05, 0) is 19.1 Å². The molecule has 0 unspecified atom stereocenters. The smallest absolute Gasteiger partial charge is 0.279 e. The molecule has 7 nitrogen and oxygen atoms in total. The predicted octanol–water partition coefficient (Wildman–Crippen LogP) is 2.86. The zero-order valence-corrected chi connectivity index (χ0v) is 15.1. The summed E-state index contributed by atoms with van der Waals surface area (Å²) >= 11 is 0. The van der Waals surface area contributed by atoms with Gasteiger partial charge in [0.15, 0.2) is 5.69 Å². The molecule has 0 spiro atoms. The number of anilines is 1. The molecule has 0 aliphatic carbocycles. The number of aryl methyl sites for hydroxylation is 2. The minimum Gasteiger partial charge on any atom is -0.305 e. The van der Waals surface area contributed by atoms with Gasteiger partial charge in [-0.2, -0.15) is 15.0 Å². The van der Waals surface area contributed by atoms with Crippen molar-refractivity contribution >= 4 is 11.7 Å². The standard InChI is InChI=1S/C18H22N6O/c1-12-16(22-24(20-12)13-9-7-6-8-10-13)17(25)19-15-11-14(18(2,3)4)21-23(15)5/h6-11H,1-5H3,(H,19,25). The first-order chi connectivity index (χ1) is 11.8. The number of rotatable bonds is 3. The minimum absolute atomic E-state index is 0.0902. The first kappa shape index (κ1) is 16.9.